The maximum Gasteiger partial charge on any atom is 0.242 e. The molecule has 2 aromatic heterocycles. The summed E-state index contributed by atoms with van der Waals surface area (Å²) in [6.07, 6.45) is 0. The van der Waals surface area contributed by atoms with Crippen LogP contribution < -0.4 is 4.72 Å². The quantitative estimate of drug-likeness (QED) is 0.760. The van der Waals surface area contributed by atoms with Crippen LogP contribution in [0.25, 0.3) is 10.7 Å². The number of nitrogens with one attached hydrogen (secondary N) is 1. The summed E-state index contributed by atoms with van der Waals surface area (Å²) in [4.78, 5) is 5.00. The van der Waals surface area contributed by atoms with Crippen LogP contribution in [0.4, 0.5) is 0 Å². The minimum atomic E-state index is -3.74. The van der Waals surface area contributed by atoms with E-state index in [2.05, 4.69) is 14.9 Å². The molecule has 0 unspecified atom stereocenters. The predicted octanol–water partition coefficient (Wildman–Crippen LogP) is 2.93. The second-order valence-electron chi connectivity index (χ2n) is 4.24. The van der Waals surface area contributed by atoms with Crippen LogP contribution in [0.2, 0.25) is 5.02 Å². The highest BCUT2D eigenvalue weighted by molar-refractivity contribution is 7.89. The van der Waals surface area contributed by atoms with E-state index in [-0.39, 0.29) is 22.4 Å². The van der Waals surface area contributed by atoms with E-state index in [0.29, 0.717) is 5.82 Å². The van der Waals surface area contributed by atoms with Crippen LogP contribution in [0.1, 0.15) is 5.89 Å². The molecule has 22 heavy (non-hydrogen) atoms. The number of hydrogen-bond acceptors (Lipinski definition) is 6. The maximum absolute atomic E-state index is 12.2. The van der Waals surface area contributed by atoms with Crippen molar-refractivity contribution in [1.82, 2.24) is 14.9 Å². The first kappa shape index (κ1) is 15.2. The van der Waals surface area contributed by atoms with Gasteiger partial charge in [0.2, 0.25) is 21.7 Å². The summed E-state index contributed by atoms with van der Waals surface area (Å²) in [7, 11) is -3.74. The first-order valence-electron chi connectivity index (χ1n) is 6.17. The third kappa shape index (κ3) is 3.20. The molecule has 6 nitrogen and oxygen atoms in total. The lowest BCUT2D eigenvalue weighted by molar-refractivity contribution is 0.376. The molecule has 0 radical (unpaired) electrons. The highest BCUT2D eigenvalue weighted by Crippen LogP contribution is 2.22. The van der Waals surface area contributed by atoms with Gasteiger partial charge in [-0.25, -0.2) is 13.1 Å². The largest absolute Gasteiger partial charge is 0.337 e. The Balaban J connectivity index is 1.74. The molecule has 1 N–H and O–H groups in total. The van der Waals surface area contributed by atoms with Gasteiger partial charge in [0.1, 0.15) is 4.90 Å². The fourth-order valence-corrected chi connectivity index (χ4v) is 3.87. The summed E-state index contributed by atoms with van der Waals surface area (Å²) in [6.45, 7) is -0.105. The SMILES string of the molecule is O=S(=O)(NCc1nc(-c2cccs2)no1)c1ccccc1Cl. The Morgan fingerprint density at radius 1 is 1.23 bits per heavy atom. The maximum atomic E-state index is 12.2. The average molecular weight is 356 g/mol. The van der Waals surface area contributed by atoms with Crippen molar-refractivity contribution >= 4 is 33.0 Å². The first-order valence-corrected chi connectivity index (χ1v) is 8.91. The number of hydrogen-bond donors (Lipinski definition) is 1. The molecule has 9 heteroatoms. The number of thiophene rings is 1. The van der Waals surface area contributed by atoms with Gasteiger partial charge in [0, 0.05) is 0 Å². The zero-order valence-corrected chi connectivity index (χ0v) is 13.5. The van der Waals surface area contributed by atoms with Crippen LogP contribution in [0.5, 0.6) is 0 Å². The number of rotatable bonds is 5. The van der Waals surface area contributed by atoms with E-state index in [1.54, 1.807) is 12.1 Å². The standard InChI is InChI=1S/C13H10ClN3O3S2/c14-9-4-1-2-6-11(9)22(18,19)15-8-12-16-13(17-20-12)10-5-3-7-21-10/h1-7,15H,8H2. The van der Waals surface area contributed by atoms with Crippen LogP contribution >= 0.6 is 22.9 Å². The Kier molecular flexibility index (Phi) is 4.25. The summed E-state index contributed by atoms with van der Waals surface area (Å²) in [5.41, 5.74) is 0. The molecule has 114 valence electrons. The highest BCUT2D eigenvalue weighted by atomic mass is 35.5. The summed E-state index contributed by atoms with van der Waals surface area (Å²) >= 11 is 7.36. The van der Waals surface area contributed by atoms with Crippen molar-refractivity contribution in [2.45, 2.75) is 11.4 Å². The number of nitrogens with zero attached hydrogens (tertiary/aromatic N) is 2. The molecule has 0 bridgehead atoms. The topological polar surface area (TPSA) is 85.1 Å². The molecule has 0 fully saturated rings. The Bertz CT molecular complexity index is 876. The minimum absolute atomic E-state index is 0.00895. The lowest BCUT2D eigenvalue weighted by atomic mass is 10.4. The molecular formula is C13H10ClN3O3S2. The van der Waals surface area contributed by atoms with Gasteiger partial charge in [-0.1, -0.05) is 35.0 Å². The molecule has 3 aromatic rings. The zero-order chi connectivity index (χ0) is 15.6. The third-order valence-corrected chi connectivity index (χ3v) is 5.52. The van der Waals surface area contributed by atoms with E-state index < -0.39 is 10.0 Å². The Morgan fingerprint density at radius 2 is 2.05 bits per heavy atom. The van der Waals surface area contributed by atoms with Crippen LogP contribution in [0.15, 0.2) is 51.2 Å². The molecule has 0 aliphatic carbocycles. The van der Waals surface area contributed by atoms with Crippen LogP contribution in [0, 0.1) is 0 Å². The van der Waals surface area contributed by atoms with E-state index in [0.717, 1.165) is 4.88 Å². The monoisotopic (exact) mass is 355 g/mol. The Hall–Kier alpha value is -1.74. The smallest absolute Gasteiger partial charge is 0.242 e. The van der Waals surface area contributed by atoms with Crippen LogP contribution in [-0.2, 0) is 16.6 Å². The van der Waals surface area contributed by atoms with Gasteiger partial charge in [-0.2, -0.15) is 4.98 Å². The van der Waals surface area contributed by atoms with Gasteiger partial charge in [-0.15, -0.1) is 11.3 Å². The first-order chi connectivity index (χ1) is 10.6. The highest BCUT2D eigenvalue weighted by Gasteiger charge is 2.18. The molecule has 0 atom stereocenters. The molecule has 3 rings (SSSR count). The molecule has 1 aromatic carbocycles. The molecule has 0 saturated heterocycles. The Morgan fingerprint density at radius 3 is 2.77 bits per heavy atom. The van der Waals surface area contributed by atoms with Crippen molar-refractivity contribution in [1.29, 1.82) is 0 Å². The van der Waals surface area contributed by atoms with Crippen LogP contribution in [-0.4, -0.2) is 18.6 Å². The van der Waals surface area contributed by atoms with Crippen molar-refractivity contribution < 1.29 is 12.9 Å². The van der Waals surface area contributed by atoms with Crippen molar-refractivity contribution in [3.63, 3.8) is 0 Å². The van der Waals surface area contributed by atoms with Gasteiger partial charge < -0.3 is 4.52 Å². The average Bonchev–Trinajstić information content (AvgIpc) is 3.17. The van der Waals surface area contributed by atoms with Gasteiger partial charge in [0.25, 0.3) is 0 Å². The summed E-state index contributed by atoms with van der Waals surface area (Å²) in [5, 5.41) is 5.86. The fourth-order valence-electron chi connectivity index (χ4n) is 1.73. The summed E-state index contributed by atoms with van der Waals surface area (Å²) < 4.78 is 31.8. The molecule has 0 aliphatic rings. The second kappa shape index (κ2) is 6.17. The number of benzene rings is 1. The number of aromatic nitrogens is 2. The predicted molar refractivity (Wildman–Crippen MR) is 83.1 cm³/mol. The Labute approximate surface area is 135 Å². The summed E-state index contributed by atoms with van der Waals surface area (Å²) in [6, 6.07) is 9.92. The van der Waals surface area contributed by atoms with E-state index in [1.165, 1.54) is 23.5 Å². The van der Waals surface area contributed by atoms with Gasteiger partial charge in [-0.05, 0) is 23.6 Å². The summed E-state index contributed by atoms with van der Waals surface area (Å²) in [5.74, 6) is 0.612. The molecule has 0 amide bonds. The number of halogens is 1. The van der Waals surface area contributed by atoms with Gasteiger partial charge in [0.05, 0.1) is 16.4 Å². The van der Waals surface area contributed by atoms with Crippen molar-refractivity contribution in [3.8, 4) is 10.7 Å². The lowest BCUT2D eigenvalue weighted by Crippen LogP contribution is -2.23. The van der Waals surface area contributed by atoms with Gasteiger partial charge >= 0.3 is 0 Å². The van der Waals surface area contributed by atoms with Gasteiger partial charge in [0.15, 0.2) is 0 Å². The molecule has 0 aliphatic heterocycles. The molecule has 2 heterocycles. The van der Waals surface area contributed by atoms with Crippen molar-refractivity contribution in [2.75, 3.05) is 0 Å². The van der Waals surface area contributed by atoms with E-state index >= 15 is 0 Å². The van der Waals surface area contributed by atoms with Crippen molar-refractivity contribution in [2.24, 2.45) is 0 Å². The molecular weight excluding hydrogens is 346 g/mol. The van der Waals surface area contributed by atoms with E-state index in [9.17, 15) is 8.42 Å². The zero-order valence-electron chi connectivity index (χ0n) is 11.1. The van der Waals surface area contributed by atoms with E-state index in [4.69, 9.17) is 16.1 Å². The third-order valence-electron chi connectivity index (χ3n) is 2.75. The van der Waals surface area contributed by atoms with Gasteiger partial charge in [-0.3, -0.25) is 0 Å². The van der Waals surface area contributed by atoms with Crippen molar-refractivity contribution in [3.05, 3.63) is 52.7 Å². The number of sulfonamides is 1. The van der Waals surface area contributed by atoms with E-state index in [1.807, 2.05) is 17.5 Å². The molecule has 0 spiro atoms. The normalized spacial score (nSPS) is 11.7. The van der Waals surface area contributed by atoms with Crippen LogP contribution in [0.3, 0.4) is 0 Å². The fraction of sp³-hybridized carbons (Fsp3) is 0.0769. The minimum Gasteiger partial charge on any atom is -0.337 e. The molecule has 0 saturated carbocycles. The second-order valence-corrected chi connectivity index (χ2v) is 7.33. The lowest BCUT2D eigenvalue weighted by Gasteiger charge is -2.05.